The number of aromatic nitrogens is 1. The lowest BCUT2D eigenvalue weighted by Gasteiger charge is -2.00. The van der Waals surface area contributed by atoms with E-state index in [9.17, 15) is 4.79 Å². The van der Waals surface area contributed by atoms with Gasteiger partial charge in [0.1, 0.15) is 5.75 Å². The van der Waals surface area contributed by atoms with Gasteiger partial charge in [-0.3, -0.25) is 0 Å². The van der Waals surface area contributed by atoms with Gasteiger partial charge in [-0.05, 0) is 17.7 Å². The lowest BCUT2D eigenvalue weighted by Crippen LogP contribution is -1.95. The van der Waals surface area contributed by atoms with Crippen molar-refractivity contribution >= 4 is 5.97 Å². The summed E-state index contributed by atoms with van der Waals surface area (Å²) in [5, 5.41) is 18.0. The van der Waals surface area contributed by atoms with Gasteiger partial charge in [0.15, 0.2) is 0 Å². The van der Waals surface area contributed by atoms with Gasteiger partial charge in [-0.2, -0.15) is 0 Å². The van der Waals surface area contributed by atoms with Gasteiger partial charge in [-0.25, -0.2) is 4.79 Å². The molecule has 3 N–H and O–H groups in total. The van der Waals surface area contributed by atoms with Crippen LogP contribution in [0.25, 0.3) is 11.1 Å². The Morgan fingerprint density at radius 3 is 2.40 bits per heavy atom. The molecular weight excluding hydrogens is 194 g/mol. The van der Waals surface area contributed by atoms with Crippen molar-refractivity contribution in [2.75, 3.05) is 0 Å². The molecule has 76 valence electrons. The fourth-order valence-corrected chi connectivity index (χ4v) is 1.42. The van der Waals surface area contributed by atoms with E-state index in [1.165, 1.54) is 18.3 Å². The Hall–Kier alpha value is -2.23. The molecule has 0 radical (unpaired) electrons. The summed E-state index contributed by atoms with van der Waals surface area (Å²) in [5.41, 5.74) is 1.59. The van der Waals surface area contributed by atoms with Crippen molar-refractivity contribution in [3.05, 3.63) is 42.2 Å². The molecule has 2 rings (SSSR count). The maximum absolute atomic E-state index is 10.9. The number of carbonyl (C=O) groups is 1. The normalized spacial score (nSPS) is 10.1. The van der Waals surface area contributed by atoms with Crippen LogP contribution in [0, 0.1) is 0 Å². The van der Waals surface area contributed by atoms with E-state index < -0.39 is 5.97 Å². The largest absolute Gasteiger partial charge is 0.508 e. The van der Waals surface area contributed by atoms with Crippen LogP contribution in [0.4, 0.5) is 0 Å². The van der Waals surface area contributed by atoms with Crippen LogP contribution in [-0.2, 0) is 0 Å². The highest BCUT2D eigenvalue weighted by Gasteiger charge is 2.11. The van der Waals surface area contributed by atoms with Gasteiger partial charge in [-0.1, -0.05) is 12.1 Å². The Kier molecular flexibility index (Phi) is 2.17. The average Bonchev–Trinajstić information content (AvgIpc) is 2.67. The average molecular weight is 203 g/mol. The molecule has 0 fully saturated rings. The lowest BCUT2D eigenvalue weighted by atomic mass is 10.0. The lowest BCUT2D eigenvalue weighted by molar-refractivity contribution is 0.0698. The molecule has 1 heterocycles. The second-order valence-corrected chi connectivity index (χ2v) is 3.13. The molecule has 0 spiro atoms. The van der Waals surface area contributed by atoms with Gasteiger partial charge in [-0.15, -0.1) is 0 Å². The summed E-state index contributed by atoms with van der Waals surface area (Å²) in [5.74, 6) is -0.814. The van der Waals surface area contributed by atoms with Gasteiger partial charge >= 0.3 is 5.97 Å². The molecule has 0 bridgehead atoms. The molecule has 0 aliphatic rings. The summed E-state index contributed by atoms with van der Waals surface area (Å²) in [6.45, 7) is 0. The molecule has 4 nitrogen and oxygen atoms in total. The number of benzene rings is 1. The summed E-state index contributed by atoms with van der Waals surface area (Å²) < 4.78 is 0. The van der Waals surface area contributed by atoms with Crippen LogP contribution in [0.5, 0.6) is 5.75 Å². The molecule has 0 amide bonds. The Labute approximate surface area is 85.8 Å². The molecule has 4 heteroatoms. The fourth-order valence-electron chi connectivity index (χ4n) is 1.42. The standard InChI is InChI=1S/C11H9NO3/c13-8-3-1-7(2-4-8)9-5-12-6-10(9)11(14)15/h1-6,12-13H,(H,14,15). The van der Waals surface area contributed by atoms with Crippen LogP contribution >= 0.6 is 0 Å². The number of nitrogens with one attached hydrogen (secondary N) is 1. The molecule has 0 aliphatic heterocycles. The fraction of sp³-hybridized carbons (Fsp3) is 0. The molecular formula is C11H9NO3. The third-order valence-corrected chi connectivity index (χ3v) is 2.15. The maximum atomic E-state index is 10.9. The van der Waals surface area contributed by atoms with Crippen molar-refractivity contribution in [1.82, 2.24) is 4.98 Å². The van der Waals surface area contributed by atoms with Crippen molar-refractivity contribution < 1.29 is 15.0 Å². The molecule has 0 atom stereocenters. The molecule has 0 unspecified atom stereocenters. The first-order valence-electron chi connectivity index (χ1n) is 4.38. The number of phenols is 1. The van der Waals surface area contributed by atoms with Crippen LogP contribution in [0.15, 0.2) is 36.7 Å². The summed E-state index contributed by atoms with van der Waals surface area (Å²) in [7, 11) is 0. The third kappa shape index (κ3) is 1.69. The van der Waals surface area contributed by atoms with Crippen molar-refractivity contribution in [2.24, 2.45) is 0 Å². The summed E-state index contributed by atoms with van der Waals surface area (Å²) in [4.78, 5) is 13.6. The van der Waals surface area contributed by atoms with E-state index in [0.29, 0.717) is 5.56 Å². The molecule has 0 saturated carbocycles. The van der Waals surface area contributed by atoms with Crippen molar-refractivity contribution in [3.63, 3.8) is 0 Å². The van der Waals surface area contributed by atoms with Crippen molar-refractivity contribution in [1.29, 1.82) is 0 Å². The first-order valence-corrected chi connectivity index (χ1v) is 4.38. The monoisotopic (exact) mass is 203 g/mol. The topological polar surface area (TPSA) is 73.3 Å². The van der Waals surface area contributed by atoms with E-state index >= 15 is 0 Å². The number of rotatable bonds is 2. The van der Waals surface area contributed by atoms with Crippen LogP contribution in [-0.4, -0.2) is 21.2 Å². The van der Waals surface area contributed by atoms with Crippen LogP contribution in [0.2, 0.25) is 0 Å². The van der Waals surface area contributed by atoms with E-state index in [2.05, 4.69) is 4.98 Å². The summed E-state index contributed by atoms with van der Waals surface area (Å²) in [6, 6.07) is 6.39. The number of aromatic amines is 1. The summed E-state index contributed by atoms with van der Waals surface area (Å²) >= 11 is 0. The van der Waals surface area contributed by atoms with Crippen LogP contribution in [0.1, 0.15) is 10.4 Å². The number of carboxylic acid groups (broad SMARTS) is 1. The Balaban J connectivity index is 2.49. The van der Waals surface area contributed by atoms with E-state index in [0.717, 1.165) is 5.56 Å². The van der Waals surface area contributed by atoms with E-state index in [1.807, 2.05) is 0 Å². The molecule has 0 saturated heterocycles. The highest BCUT2D eigenvalue weighted by atomic mass is 16.4. The molecule has 1 aromatic heterocycles. The van der Waals surface area contributed by atoms with Crippen LogP contribution < -0.4 is 0 Å². The number of aromatic carboxylic acids is 1. The smallest absolute Gasteiger partial charge is 0.337 e. The number of H-pyrrole nitrogens is 1. The first kappa shape index (κ1) is 9.33. The number of aromatic hydroxyl groups is 1. The van der Waals surface area contributed by atoms with Gasteiger partial charge < -0.3 is 15.2 Å². The Morgan fingerprint density at radius 1 is 1.13 bits per heavy atom. The number of carboxylic acids is 1. The quantitative estimate of drug-likeness (QED) is 0.699. The molecule has 1 aromatic carbocycles. The second kappa shape index (κ2) is 3.49. The number of hydrogen-bond acceptors (Lipinski definition) is 2. The SMILES string of the molecule is O=C(O)c1c[nH]cc1-c1ccc(O)cc1. The van der Waals surface area contributed by atoms with Gasteiger partial charge in [0, 0.05) is 18.0 Å². The predicted octanol–water partition coefficient (Wildman–Crippen LogP) is 2.09. The van der Waals surface area contributed by atoms with Crippen molar-refractivity contribution in [3.8, 4) is 16.9 Å². The minimum absolute atomic E-state index is 0.158. The van der Waals surface area contributed by atoms with Gasteiger partial charge in [0.25, 0.3) is 0 Å². The molecule has 0 aliphatic carbocycles. The second-order valence-electron chi connectivity index (χ2n) is 3.13. The number of phenolic OH excluding ortho intramolecular Hbond substituents is 1. The number of hydrogen-bond donors (Lipinski definition) is 3. The van der Waals surface area contributed by atoms with E-state index in [-0.39, 0.29) is 11.3 Å². The predicted molar refractivity (Wildman–Crippen MR) is 54.9 cm³/mol. The zero-order valence-electron chi connectivity index (χ0n) is 7.77. The Morgan fingerprint density at radius 2 is 1.80 bits per heavy atom. The van der Waals surface area contributed by atoms with Crippen LogP contribution in [0.3, 0.4) is 0 Å². The van der Waals surface area contributed by atoms with Gasteiger partial charge in [0.05, 0.1) is 5.56 Å². The molecule has 2 aromatic rings. The minimum atomic E-state index is -0.973. The highest BCUT2D eigenvalue weighted by Crippen LogP contribution is 2.25. The van der Waals surface area contributed by atoms with Gasteiger partial charge in [0.2, 0.25) is 0 Å². The van der Waals surface area contributed by atoms with Crippen molar-refractivity contribution in [2.45, 2.75) is 0 Å². The zero-order chi connectivity index (χ0) is 10.8. The third-order valence-electron chi connectivity index (χ3n) is 2.15. The Bertz CT molecular complexity index is 485. The minimum Gasteiger partial charge on any atom is -0.508 e. The highest BCUT2D eigenvalue weighted by molar-refractivity contribution is 5.95. The van der Waals surface area contributed by atoms with E-state index in [1.54, 1.807) is 18.3 Å². The van der Waals surface area contributed by atoms with E-state index in [4.69, 9.17) is 10.2 Å². The summed E-state index contributed by atoms with van der Waals surface area (Å²) in [6.07, 6.45) is 3.06. The zero-order valence-corrected chi connectivity index (χ0v) is 7.77. The maximum Gasteiger partial charge on any atom is 0.337 e. The first-order chi connectivity index (χ1) is 7.18. The molecule has 15 heavy (non-hydrogen) atoms.